The first kappa shape index (κ1) is 22.1. The second-order valence-corrected chi connectivity index (χ2v) is 6.51. The van der Waals surface area contributed by atoms with Crippen LogP contribution in [0.2, 0.25) is 0 Å². The summed E-state index contributed by atoms with van der Waals surface area (Å²) < 4.78 is 7.42. The van der Waals surface area contributed by atoms with Crippen LogP contribution in [0.5, 0.6) is 0 Å². The van der Waals surface area contributed by atoms with Gasteiger partial charge in [0.2, 0.25) is 0 Å². The topological polar surface area (TPSA) is 86.9 Å². The van der Waals surface area contributed by atoms with Gasteiger partial charge in [0.25, 0.3) is 0 Å². The van der Waals surface area contributed by atoms with E-state index in [1.807, 2.05) is 20.2 Å². The Labute approximate surface area is 167 Å². The summed E-state index contributed by atoms with van der Waals surface area (Å²) in [5, 5.41) is 21.2. The molecule has 1 aliphatic heterocycles. The van der Waals surface area contributed by atoms with Crippen LogP contribution in [0.1, 0.15) is 19.4 Å². The highest BCUT2D eigenvalue weighted by atomic mass is 127. The quantitative estimate of drug-likeness (QED) is 0.314. The van der Waals surface area contributed by atoms with Gasteiger partial charge in [0, 0.05) is 45.0 Å². The Bertz CT molecular complexity index is 548. The highest BCUT2D eigenvalue weighted by molar-refractivity contribution is 14.0. The molecule has 9 heteroatoms. The predicted molar refractivity (Wildman–Crippen MR) is 109 cm³/mol. The second kappa shape index (κ2) is 10.3. The third-order valence-electron chi connectivity index (χ3n) is 4.06. The van der Waals surface area contributed by atoms with Crippen LogP contribution in [0.25, 0.3) is 0 Å². The van der Waals surface area contributed by atoms with Gasteiger partial charge in [-0.3, -0.25) is 4.68 Å². The maximum atomic E-state index is 10.6. The maximum absolute atomic E-state index is 10.6. The number of aromatic nitrogens is 2. The number of likely N-dealkylation sites (N-methyl/N-ethyl adjacent to an activating group) is 1. The van der Waals surface area contributed by atoms with Gasteiger partial charge in [-0.25, -0.2) is 4.99 Å². The van der Waals surface area contributed by atoms with Crippen molar-refractivity contribution in [2.75, 3.05) is 46.4 Å². The minimum absolute atomic E-state index is 0. The fourth-order valence-corrected chi connectivity index (χ4v) is 2.57. The maximum Gasteiger partial charge on any atom is 0.191 e. The molecule has 1 fully saturated rings. The highest BCUT2D eigenvalue weighted by Crippen LogP contribution is 2.19. The summed E-state index contributed by atoms with van der Waals surface area (Å²) in [6.07, 6.45) is 3.62. The number of hydrogen-bond donors (Lipinski definition) is 3. The molecule has 2 heterocycles. The van der Waals surface area contributed by atoms with Gasteiger partial charge < -0.3 is 25.4 Å². The number of ether oxygens (including phenoxy) is 1. The molecule has 0 radical (unpaired) electrons. The van der Waals surface area contributed by atoms with E-state index in [0.717, 1.165) is 31.8 Å². The number of aryl methyl sites for hydroxylation is 1. The van der Waals surface area contributed by atoms with Crippen molar-refractivity contribution in [3.05, 3.63) is 18.0 Å². The van der Waals surface area contributed by atoms with Crippen molar-refractivity contribution >= 4 is 29.9 Å². The van der Waals surface area contributed by atoms with Crippen LogP contribution < -0.4 is 10.6 Å². The summed E-state index contributed by atoms with van der Waals surface area (Å²) in [6.45, 7) is 8.08. The third-order valence-corrected chi connectivity index (χ3v) is 4.06. The molecule has 25 heavy (non-hydrogen) atoms. The van der Waals surface area contributed by atoms with E-state index >= 15 is 0 Å². The smallest absolute Gasteiger partial charge is 0.191 e. The van der Waals surface area contributed by atoms with Crippen molar-refractivity contribution in [1.82, 2.24) is 25.3 Å². The van der Waals surface area contributed by atoms with Crippen molar-refractivity contribution in [1.29, 1.82) is 0 Å². The molecule has 0 aliphatic carbocycles. The molecule has 1 aromatic rings. The molecule has 3 N–H and O–H groups in total. The third kappa shape index (κ3) is 7.08. The van der Waals surface area contributed by atoms with Crippen LogP contribution >= 0.6 is 24.0 Å². The zero-order chi connectivity index (χ0) is 17.6. The SMILES string of the molecule is CCNC(=NCC(C)(O)c1cnn(C)c1)NCC1CN(C)CCO1.I. The van der Waals surface area contributed by atoms with E-state index in [4.69, 9.17) is 4.74 Å². The lowest BCUT2D eigenvalue weighted by Crippen LogP contribution is -2.48. The summed E-state index contributed by atoms with van der Waals surface area (Å²) in [5.74, 6) is 0.679. The van der Waals surface area contributed by atoms with Crippen molar-refractivity contribution in [2.24, 2.45) is 12.0 Å². The molecule has 0 bridgehead atoms. The first-order valence-electron chi connectivity index (χ1n) is 8.44. The number of rotatable bonds is 6. The van der Waals surface area contributed by atoms with E-state index in [-0.39, 0.29) is 36.6 Å². The lowest BCUT2D eigenvalue weighted by atomic mass is 10.0. The van der Waals surface area contributed by atoms with E-state index in [9.17, 15) is 5.11 Å². The highest BCUT2D eigenvalue weighted by Gasteiger charge is 2.25. The summed E-state index contributed by atoms with van der Waals surface area (Å²) >= 11 is 0. The van der Waals surface area contributed by atoms with Gasteiger partial charge >= 0.3 is 0 Å². The van der Waals surface area contributed by atoms with Crippen LogP contribution in [-0.4, -0.2) is 78.2 Å². The molecule has 0 saturated carbocycles. The number of halogens is 1. The number of hydrogen-bond acceptors (Lipinski definition) is 5. The number of guanidine groups is 1. The molecule has 1 saturated heterocycles. The van der Waals surface area contributed by atoms with Gasteiger partial charge in [0.05, 0.1) is 25.5 Å². The van der Waals surface area contributed by atoms with Crippen LogP contribution in [-0.2, 0) is 17.4 Å². The summed E-state index contributed by atoms with van der Waals surface area (Å²) in [4.78, 5) is 6.77. The van der Waals surface area contributed by atoms with E-state index in [0.29, 0.717) is 12.5 Å². The normalized spacial score (nSPS) is 21.3. The minimum atomic E-state index is -1.06. The largest absolute Gasteiger partial charge is 0.383 e. The summed E-state index contributed by atoms with van der Waals surface area (Å²) in [7, 11) is 3.93. The lowest BCUT2D eigenvalue weighted by molar-refractivity contribution is -0.0161. The van der Waals surface area contributed by atoms with Gasteiger partial charge in [-0.2, -0.15) is 5.10 Å². The van der Waals surface area contributed by atoms with Crippen LogP contribution in [0.4, 0.5) is 0 Å². The molecule has 0 spiro atoms. The molecule has 8 nitrogen and oxygen atoms in total. The van der Waals surface area contributed by atoms with E-state index in [2.05, 4.69) is 32.7 Å². The second-order valence-electron chi connectivity index (χ2n) is 6.51. The standard InChI is InChI=1S/C16H30N6O2.HI/c1-5-17-15(18-9-14-11-21(3)6-7-24-14)19-12-16(2,23)13-8-20-22(4)10-13;/h8,10,14,23H,5-7,9,11-12H2,1-4H3,(H2,17,18,19);1H. The molecule has 1 aliphatic rings. The Morgan fingerprint density at radius 2 is 2.24 bits per heavy atom. The fourth-order valence-electron chi connectivity index (χ4n) is 2.57. The lowest BCUT2D eigenvalue weighted by Gasteiger charge is -2.30. The first-order valence-corrected chi connectivity index (χ1v) is 8.44. The fraction of sp³-hybridized carbons (Fsp3) is 0.750. The Morgan fingerprint density at radius 1 is 1.48 bits per heavy atom. The van der Waals surface area contributed by atoms with Gasteiger partial charge in [0.15, 0.2) is 5.96 Å². The zero-order valence-corrected chi connectivity index (χ0v) is 17.9. The summed E-state index contributed by atoms with van der Waals surface area (Å²) in [5.41, 5.74) is -0.306. The molecule has 1 aromatic heterocycles. The molecule has 144 valence electrons. The Balaban J connectivity index is 0.00000312. The van der Waals surface area contributed by atoms with Gasteiger partial charge in [-0.05, 0) is 20.9 Å². The van der Waals surface area contributed by atoms with Gasteiger partial charge in [0.1, 0.15) is 5.60 Å². The first-order chi connectivity index (χ1) is 11.4. The van der Waals surface area contributed by atoms with E-state index in [1.165, 1.54) is 0 Å². The number of aliphatic imine (C=N–C) groups is 1. The average Bonchev–Trinajstić information content (AvgIpc) is 2.98. The van der Waals surface area contributed by atoms with Crippen LogP contribution in [0.15, 0.2) is 17.4 Å². The minimum Gasteiger partial charge on any atom is -0.383 e. The predicted octanol–water partition coefficient (Wildman–Crippen LogP) is 0.131. The molecule has 2 unspecified atom stereocenters. The van der Waals surface area contributed by atoms with Gasteiger partial charge in [-0.1, -0.05) is 0 Å². The van der Waals surface area contributed by atoms with Crippen LogP contribution in [0, 0.1) is 0 Å². The number of aliphatic hydroxyl groups is 1. The number of nitrogens with zero attached hydrogens (tertiary/aromatic N) is 4. The summed E-state index contributed by atoms with van der Waals surface area (Å²) in [6, 6.07) is 0. The monoisotopic (exact) mass is 466 g/mol. The Morgan fingerprint density at radius 3 is 2.84 bits per heavy atom. The van der Waals surface area contributed by atoms with Crippen molar-refractivity contribution < 1.29 is 9.84 Å². The molecular formula is C16H31IN6O2. The number of morpholine rings is 1. The average molecular weight is 466 g/mol. The molecule has 0 amide bonds. The Kier molecular flexibility index (Phi) is 9.11. The molecule has 2 rings (SSSR count). The van der Waals surface area contributed by atoms with Crippen molar-refractivity contribution in [3.63, 3.8) is 0 Å². The van der Waals surface area contributed by atoms with Crippen LogP contribution in [0.3, 0.4) is 0 Å². The van der Waals surface area contributed by atoms with Crippen molar-refractivity contribution in [3.8, 4) is 0 Å². The molecular weight excluding hydrogens is 435 g/mol. The Hall–Kier alpha value is -0.910. The van der Waals surface area contributed by atoms with Crippen molar-refractivity contribution in [2.45, 2.75) is 25.6 Å². The zero-order valence-electron chi connectivity index (χ0n) is 15.5. The molecule has 0 aromatic carbocycles. The van der Waals surface area contributed by atoms with E-state index < -0.39 is 5.60 Å². The van der Waals surface area contributed by atoms with Gasteiger partial charge in [-0.15, -0.1) is 24.0 Å². The van der Waals surface area contributed by atoms with E-state index in [1.54, 1.807) is 17.8 Å². The number of nitrogens with one attached hydrogen (secondary N) is 2. The molecule has 2 atom stereocenters.